The maximum absolute atomic E-state index is 12.2. The molecule has 0 radical (unpaired) electrons. The first kappa shape index (κ1) is 21.7. The van der Waals surface area contributed by atoms with Gasteiger partial charge in [0.1, 0.15) is 5.75 Å². The summed E-state index contributed by atoms with van der Waals surface area (Å²) in [5.74, 6) is -1.89. The minimum atomic E-state index is -0.931. The summed E-state index contributed by atoms with van der Waals surface area (Å²) in [6.07, 6.45) is 1.36. The van der Waals surface area contributed by atoms with Crippen molar-refractivity contribution in [2.45, 2.75) is 6.92 Å². The van der Waals surface area contributed by atoms with E-state index in [1.165, 1.54) is 12.3 Å². The number of amides is 2. The van der Waals surface area contributed by atoms with Crippen molar-refractivity contribution in [3.63, 3.8) is 0 Å². The van der Waals surface area contributed by atoms with Crippen LogP contribution >= 0.6 is 11.6 Å². The average Bonchev–Trinajstić information content (AvgIpc) is 2.75. The summed E-state index contributed by atoms with van der Waals surface area (Å²) in [6.45, 7) is 1.89. The van der Waals surface area contributed by atoms with Crippen LogP contribution in [0.2, 0.25) is 5.02 Å². The summed E-state index contributed by atoms with van der Waals surface area (Å²) >= 11 is 5.83. The van der Waals surface area contributed by atoms with Gasteiger partial charge in [-0.1, -0.05) is 35.4 Å². The van der Waals surface area contributed by atoms with Gasteiger partial charge in [0.25, 0.3) is 0 Å². The lowest BCUT2D eigenvalue weighted by atomic mass is 10.1. The zero-order valence-corrected chi connectivity index (χ0v) is 17.2. The highest BCUT2D eigenvalue weighted by atomic mass is 35.5. The Balaban J connectivity index is 1.51. The summed E-state index contributed by atoms with van der Waals surface area (Å²) in [7, 11) is 0. The molecule has 0 aliphatic rings. The molecular formula is C23H18ClN3O4. The zero-order chi connectivity index (χ0) is 22.2. The van der Waals surface area contributed by atoms with Crippen LogP contribution in [-0.2, 0) is 9.59 Å². The summed E-state index contributed by atoms with van der Waals surface area (Å²) in [5.41, 5.74) is 4.59. The molecular weight excluding hydrogens is 418 g/mol. The van der Waals surface area contributed by atoms with Gasteiger partial charge in [-0.3, -0.25) is 9.59 Å². The smallest absolute Gasteiger partial charge is 0.343 e. The van der Waals surface area contributed by atoms with E-state index in [9.17, 15) is 14.4 Å². The Hall–Kier alpha value is -3.97. The maximum atomic E-state index is 12.2. The second kappa shape index (κ2) is 10.2. The number of carbonyl (C=O) groups excluding carboxylic acids is 3. The number of nitrogens with one attached hydrogen (secondary N) is 2. The Labute approximate surface area is 183 Å². The van der Waals surface area contributed by atoms with E-state index >= 15 is 0 Å². The molecule has 0 aliphatic heterocycles. The number of halogens is 1. The van der Waals surface area contributed by atoms with Crippen LogP contribution in [-0.4, -0.2) is 24.0 Å². The number of benzene rings is 3. The molecule has 0 aliphatic carbocycles. The molecule has 0 bridgehead atoms. The van der Waals surface area contributed by atoms with Gasteiger partial charge in [0.05, 0.1) is 11.8 Å². The fourth-order valence-corrected chi connectivity index (χ4v) is 2.72. The molecule has 0 unspecified atom stereocenters. The summed E-state index contributed by atoms with van der Waals surface area (Å²) in [4.78, 5) is 35.9. The molecule has 0 spiro atoms. The van der Waals surface area contributed by atoms with Crippen molar-refractivity contribution in [2.75, 3.05) is 5.32 Å². The number of hydrogen-bond acceptors (Lipinski definition) is 5. The molecule has 3 rings (SSSR count). The molecule has 2 amide bonds. The Morgan fingerprint density at radius 3 is 2.39 bits per heavy atom. The van der Waals surface area contributed by atoms with Gasteiger partial charge in [-0.2, -0.15) is 5.10 Å². The monoisotopic (exact) mass is 435 g/mol. The molecule has 8 heteroatoms. The average molecular weight is 436 g/mol. The van der Waals surface area contributed by atoms with Gasteiger partial charge in [0, 0.05) is 10.7 Å². The number of ether oxygens (including phenoxy) is 1. The Bertz CT molecular complexity index is 1140. The van der Waals surface area contributed by atoms with Crippen molar-refractivity contribution >= 4 is 41.3 Å². The highest BCUT2D eigenvalue weighted by Gasteiger charge is 2.13. The van der Waals surface area contributed by atoms with Gasteiger partial charge in [0.15, 0.2) is 0 Å². The van der Waals surface area contributed by atoms with Gasteiger partial charge >= 0.3 is 17.8 Å². The molecule has 0 saturated heterocycles. The van der Waals surface area contributed by atoms with Crippen LogP contribution in [0.3, 0.4) is 0 Å². The van der Waals surface area contributed by atoms with Crippen molar-refractivity contribution < 1.29 is 19.1 Å². The van der Waals surface area contributed by atoms with Gasteiger partial charge < -0.3 is 10.1 Å². The maximum Gasteiger partial charge on any atom is 0.343 e. The predicted octanol–water partition coefficient (Wildman–Crippen LogP) is 3.96. The number of esters is 1. The highest BCUT2D eigenvalue weighted by Crippen LogP contribution is 2.15. The zero-order valence-electron chi connectivity index (χ0n) is 16.5. The first-order valence-electron chi connectivity index (χ1n) is 9.19. The molecule has 31 heavy (non-hydrogen) atoms. The van der Waals surface area contributed by atoms with Crippen molar-refractivity contribution in [1.29, 1.82) is 0 Å². The molecule has 0 fully saturated rings. The Morgan fingerprint density at radius 1 is 0.935 bits per heavy atom. The molecule has 2 N–H and O–H groups in total. The first-order chi connectivity index (χ1) is 14.9. The fourth-order valence-electron chi connectivity index (χ4n) is 2.53. The number of carbonyl (C=O) groups is 3. The Morgan fingerprint density at radius 2 is 1.68 bits per heavy atom. The van der Waals surface area contributed by atoms with E-state index in [0.717, 1.165) is 5.56 Å². The van der Waals surface area contributed by atoms with Crippen LogP contribution in [0.4, 0.5) is 5.69 Å². The second-order valence-electron chi connectivity index (χ2n) is 6.49. The largest absolute Gasteiger partial charge is 0.423 e. The van der Waals surface area contributed by atoms with Crippen LogP contribution in [0.5, 0.6) is 5.75 Å². The van der Waals surface area contributed by atoms with E-state index < -0.39 is 17.8 Å². The SMILES string of the molecule is Cc1cccc(C(=O)Oc2ccc(/C=N/NC(=O)C(=O)Nc3cccc(Cl)c3)cc2)c1. The molecule has 3 aromatic carbocycles. The standard InChI is InChI=1S/C23H18ClN3O4/c1-15-4-2-5-17(12-15)23(30)31-20-10-8-16(9-11-20)14-25-27-22(29)21(28)26-19-7-3-6-18(24)13-19/h2-14H,1H3,(H,26,28)(H,27,29)/b25-14+. The lowest BCUT2D eigenvalue weighted by Crippen LogP contribution is -2.32. The number of nitrogens with zero attached hydrogens (tertiary/aromatic N) is 1. The van der Waals surface area contributed by atoms with Crippen molar-refractivity contribution in [3.8, 4) is 5.75 Å². The predicted molar refractivity (Wildman–Crippen MR) is 118 cm³/mol. The van der Waals surface area contributed by atoms with Gasteiger partial charge in [-0.15, -0.1) is 0 Å². The molecule has 0 saturated carbocycles. The lowest BCUT2D eigenvalue weighted by molar-refractivity contribution is -0.136. The molecule has 0 atom stereocenters. The highest BCUT2D eigenvalue weighted by molar-refractivity contribution is 6.39. The second-order valence-corrected chi connectivity index (χ2v) is 6.93. The van der Waals surface area contributed by atoms with E-state index in [1.807, 2.05) is 13.0 Å². The minimum Gasteiger partial charge on any atom is -0.423 e. The Kier molecular flexibility index (Phi) is 7.13. The first-order valence-corrected chi connectivity index (χ1v) is 9.57. The molecule has 156 valence electrons. The van der Waals surface area contributed by atoms with Crippen molar-refractivity contribution in [1.82, 2.24) is 5.43 Å². The number of anilines is 1. The third-order valence-electron chi connectivity index (χ3n) is 4.01. The van der Waals surface area contributed by atoms with Crippen molar-refractivity contribution in [2.24, 2.45) is 5.10 Å². The quantitative estimate of drug-likeness (QED) is 0.208. The van der Waals surface area contributed by atoms with Gasteiger partial charge in [-0.05, 0) is 67.1 Å². The number of rotatable bonds is 5. The topological polar surface area (TPSA) is 96.9 Å². The lowest BCUT2D eigenvalue weighted by Gasteiger charge is -2.05. The summed E-state index contributed by atoms with van der Waals surface area (Å²) < 4.78 is 5.33. The molecule has 0 aromatic heterocycles. The van der Waals surface area contributed by atoms with E-state index in [2.05, 4.69) is 15.8 Å². The fraction of sp³-hybridized carbons (Fsp3) is 0.0435. The minimum absolute atomic E-state index is 0.369. The van der Waals surface area contributed by atoms with Crippen LogP contribution in [0.1, 0.15) is 21.5 Å². The van der Waals surface area contributed by atoms with Crippen LogP contribution < -0.4 is 15.5 Å². The van der Waals surface area contributed by atoms with E-state index in [1.54, 1.807) is 60.7 Å². The van der Waals surface area contributed by atoms with Crippen LogP contribution in [0.15, 0.2) is 77.9 Å². The van der Waals surface area contributed by atoms with Crippen LogP contribution in [0.25, 0.3) is 0 Å². The van der Waals surface area contributed by atoms with Gasteiger partial charge in [-0.25, -0.2) is 10.2 Å². The van der Waals surface area contributed by atoms with E-state index in [4.69, 9.17) is 16.3 Å². The third-order valence-corrected chi connectivity index (χ3v) is 4.25. The number of hydrazone groups is 1. The normalized spacial score (nSPS) is 10.5. The number of aryl methyl sites for hydroxylation is 1. The number of hydrogen-bond donors (Lipinski definition) is 2. The van der Waals surface area contributed by atoms with E-state index in [-0.39, 0.29) is 0 Å². The summed E-state index contributed by atoms with van der Waals surface area (Å²) in [6, 6.07) is 20.0. The molecule has 7 nitrogen and oxygen atoms in total. The molecule has 3 aromatic rings. The van der Waals surface area contributed by atoms with E-state index in [0.29, 0.717) is 27.6 Å². The van der Waals surface area contributed by atoms with Crippen molar-refractivity contribution in [3.05, 3.63) is 94.5 Å². The third kappa shape index (κ3) is 6.52. The van der Waals surface area contributed by atoms with Crippen LogP contribution in [0, 0.1) is 6.92 Å². The molecule has 0 heterocycles. The summed E-state index contributed by atoms with van der Waals surface area (Å²) in [5, 5.41) is 6.60. The van der Waals surface area contributed by atoms with Gasteiger partial charge in [0.2, 0.25) is 0 Å².